The molecule has 74 valence electrons. The van der Waals surface area contributed by atoms with Crippen molar-refractivity contribution in [2.45, 2.75) is 39.7 Å². The number of rotatable bonds is 4. The number of aliphatic hydroxyl groups excluding tert-OH is 1. The molecule has 2 unspecified atom stereocenters. The molecular weight excluding hydrogens is 182 g/mol. The van der Waals surface area contributed by atoms with Gasteiger partial charge in [-0.25, -0.2) is 4.98 Å². The van der Waals surface area contributed by atoms with E-state index in [2.05, 4.69) is 17.3 Å². The minimum atomic E-state index is -0.193. The van der Waals surface area contributed by atoms with E-state index >= 15 is 0 Å². The SMILES string of the molecule is CCC(O)C(C)Cc1csc(C)n1. The van der Waals surface area contributed by atoms with Crippen molar-refractivity contribution >= 4 is 11.3 Å². The number of hydrogen-bond acceptors (Lipinski definition) is 3. The van der Waals surface area contributed by atoms with Gasteiger partial charge >= 0.3 is 0 Å². The Kier molecular flexibility index (Phi) is 3.88. The van der Waals surface area contributed by atoms with Crippen molar-refractivity contribution in [1.29, 1.82) is 0 Å². The molecule has 13 heavy (non-hydrogen) atoms. The molecule has 0 radical (unpaired) electrons. The van der Waals surface area contributed by atoms with E-state index in [9.17, 15) is 5.11 Å². The van der Waals surface area contributed by atoms with Crippen molar-refractivity contribution in [1.82, 2.24) is 4.98 Å². The quantitative estimate of drug-likeness (QED) is 0.807. The molecule has 1 aromatic rings. The van der Waals surface area contributed by atoms with Crippen LogP contribution in [0.15, 0.2) is 5.38 Å². The van der Waals surface area contributed by atoms with Crippen molar-refractivity contribution in [3.8, 4) is 0 Å². The number of aryl methyl sites for hydroxylation is 1. The van der Waals surface area contributed by atoms with E-state index in [1.807, 2.05) is 13.8 Å². The van der Waals surface area contributed by atoms with Crippen LogP contribution in [0, 0.1) is 12.8 Å². The van der Waals surface area contributed by atoms with Gasteiger partial charge in [-0.15, -0.1) is 11.3 Å². The van der Waals surface area contributed by atoms with Crippen molar-refractivity contribution in [3.05, 3.63) is 16.1 Å². The summed E-state index contributed by atoms with van der Waals surface area (Å²) in [6.07, 6.45) is 1.52. The highest BCUT2D eigenvalue weighted by molar-refractivity contribution is 7.09. The summed E-state index contributed by atoms with van der Waals surface area (Å²) in [5.74, 6) is 0.312. The lowest BCUT2D eigenvalue weighted by Crippen LogP contribution is -2.18. The molecule has 0 fully saturated rings. The number of nitrogens with zero attached hydrogens (tertiary/aromatic N) is 1. The zero-order chi connectivity index (χ0) is 9.84. The lowest BCUT2D eigenvalue weighted by molar-refractivity contribution is 0.112. The van der Waals surface area contributed by atoms with Gasteiger partial charge in [-0.3, -0.25) is 0 Å². The second-order valence-electron chi connectivity index (χ2n) is 3.51. The van der Waals surface area contributed by atoms with Crippen LogP contribution in [0.3, 0.4) is 0 Å². The molecule has 0 aliphatic carbocycles. The van der Waals surface area contributed by atoms with Crippen LogP contribution in [-0.2, 0) is 6.42 Å². The topological polar surface area (TPSA) is 33.1 Å². The van der Waals surface area contributed by atoms with Crippen LogP contribution in [0.25, 0.3) is 0 Å². The third-order valence-corrected chi connectivity index (χ3v) is 3.10. The molecule has 2 nitrogen and oxygen atoms in total. The molecule has 0 saturated carbocycles. The highest BCUT2D eigenvalue weighted by Gasteiger charge is 2.13. The van der Waals surface area contributed by atoms with Crippen LogP contribution in [0.1, 0.15) is 31.0 Å². The molecule has 3 heteroatoms. The van der Waals surface area contributed by atoms with Gasteiger partial charge in [0.15, 0.2) is 0 Å². The molecule has 1 heterocycles. The molecule has 1 N–H and O–H groups in total. The van der Waals surface area contributed by atoms with Crippen molar-refractivity contribution in [2.75, 3.05) is 0 Å². The first kappa shape index (κ1) is 10.7. The Hall–Kier alpha value is -0.410. The highest BCUT2D eigenvalue weighted by Crippen LogP contribution is 2.16. The predicted molar refractivity (Wildman–Crippen MR) is 56.0 cm³/mol. The molecule has 1 aromatic heterocycles. The first-order valence-corrected chi connectivity index (χ1v) is 5.60. The van der Waals surface area contributed by atoms with E-state index < -0.39 is 0 Å². The highest BCUT2D eigenvalue weighted by atomic mass is 32.1. The van der Waals surface area contributed by atoms with Gasteiger partial charge in [0.1, 0.15) is 0 Å². The van der Waals surface area contributed by atoms with Crippen LogP contribution >= 0.6 is 11.3 Å². The molecule has 0 bridgehead atoms. The third-order valence-electron chi connectivity index (χ3n) is 2.27. The normalized spacial score (nSPS) is 15.7. The van der Waals surface area contributed by atoms with Crippen LogP contribution in [0.4, 0.5) is 0 Å². The van der Waals surface area contributed by atoms with E-state index in [0.29, 0.717) is 5.92 Å². The minimum Gasteiger partial charge on any atom is -0.393 e. The summed E-state index contributed by atoms with van der Waals surface area (Å²) in [6, 6.07) is 0. The summed E-state index contributed by atoms with van der Waals surface area (Å²) in [6.45, 7) is 6.09. The molecule has 1 rings (SSSR count). The predicted octanol–water partition coefficient (Wildman–Crippen LogP) is 2.40. The molecule has 0 aliphatic rings. The van der Waals surface area contributed by atoms with Crippen molar-refractivity contribution in [2.24, 2.45) is 5.92 Å². The Balaban J connectivity index is 2.49. The van der Waals surface area contributed by atoms with Gasteiger partial charge in [0.05, 0.1) is 16.8 Å². The minimum absolute atomic E-state index is 0.193. The molecule has 0 saturated heterocycles. The van der Waals surface area contributed by atoms with Gasteiger partial charge in [-0.2, -0.15) is 0 Å². The van der Waals surface area contributed by atoms with Crippen LogP contribution in [0.5, 0.6) is 0 Å². The molecule has 0 spiro atoms. The van der Waals surface area contributed by atoms with Crippen LogP contribution in [0.2, 0.25) is 0 Å². The largest absolute Gasteiger partial charge is 0.393 e. The summed E-state index contributed by atoms with van der Waals surface area (Å²) in [7, 11) is 0. The van der Waals surface area contributed by atoms with Crippen LogP contribution < -0.4 is 0 Å². The van der Waals surface area contributed by atoms with E-state index in [1.54, 1.807) is 11.3 Å². The fourth-order valence-corrected chi connectivity index (χ4v) is 2.00. The Morgan fingerprint density at radius 3 is 2.77 bits per heavy atom. The second-order valence-corrected chi connectivity index (χ2v) is 4.58. The number of thiazole rings is 1. The van der Waals surface area contributed by atoms with E-state index in [1.165, 1.54) is 0 Å². The summed E-state index contributed by atoms with van der Waals surface area (Å²) in [4.78, 5) is 4.37. The summed E-state index contributed by atoms with van der Waals surface area (Å²) in [5, 5.41) is 12.8. The van der Waals surface area contributed by atoms with Gasteiger partial charge < -0.3 is 5.11 Å². The first-order chi connectivity index (χ1) is 6.13. The number of aromatic nitrogens is 1. The van der Waals surface area contributed by atoms with Gasteiger partial charge in [0.2, 0.25) is 0 Å². The number of aliphatic hydroxyl groups is 1. The van der Waals surface area contributed by atoms with E-state index in [0.717, 1.165) is 23.5 Å². The zero-order valence-electron chi connectivity index (χ0n) is 8.45. The maximum absolute atomic E-state index is 9.57. The van der Waals surface area contributed by atoms with Gasteiger partial charge in [-0.05, 0) is 25.7 Å². The Bertz CT molecular complexity index is 259. The summed E-state index contributed by atoms with van der Waals surface area (Å²) >= 11 is 1.67. The molecule has 0 aromatic carbocycles. The standard InChI is InChI=1S/C10H17NOS/c1-4-10(12)7(2)5-9-6-13-8(3)11-9/h6-7,10,12H,4-5H2,1-3H3. The molecule has 0 amide bonds. The van der Waals surface area contributed by atoms with Gasteiger partial charge in [0.25, 0.3) is 0 Å². The fourth-order valence-electron chi connectivity index (χ4n) is 1.37. The van der Waals surface area contributed by atoms with Crippen LogP contribution in [-0.4, -0.2) is 16.2 Å². The van der Waals surface area contributed by atoms with Crippen molar-refractivity contribution < 1.29 is 5.11 Å². The third kappa shape index (κ3) is 3.08. The Morgan fingerprint density at radius 1 is 1.62 bits per heavy atom. The fraction of sp³-hybridized carbons (Fsp3) is 0.700. The lowest BCUT2D eigenvalue weighted by atomic mass is 9.98. The summed E-state index contributed by atoms with van der Waals surface area (Å²) in [5.41, 5.74) is 1.11. The van der Waals surface area contributed by atoms with Gasteiger partial charge in [-0.1, -0.05) is 13.8 Å². The Labute approximate surface area is 83.6 Å². The Morgan fingerprint density at radius 2 is 2.31 bits per heavy atom. The average molecular weight is 199 g/mol. The van der Waals surface area contributed by atoms with Crippen molar-refractivity contribution in [3.63, 3.8) is 0 Å². The smallest absolute Gasteiger partial charge is 0.0897 e. The average Bonchev–Trinajstić information content (AvgIpc) is 2.49. The van der Waals surface area contributed by atoms with E-state index in [4.69, 9.17) is 0 Å². The van der Waals surface area contributed by atoms with Gasteiger partial charge in [0, 0.05) is 5.38 Å². The second kappa shape index (κ2) is 4.72. The summed E-state index contributed by atoms with van der Waals surface area (Å²) < 4.78 is 0. The molecular formula is C10H17NOS. The lowest BCUT2D eigenvalue weighted by Gasteiger charge is -2.15. The monoisotopic (exact) mass is 199 g/mol. The zero-order valence-corrected chi connectivity index (χ0v) is 9.27. The maximum Gasteiger partial charge on any atom is 0.0897 e. The molecule has 0 aliphatic heterocycles. The maximum atomic E-state index is 9.57. The number of hydrogen-bond donors (Lipinski definition) is 1. The van der Waals surface area contributed by atoms with E-state index in [-0.39, 0.29) is 6.10 Å². The first-order valence-electron chi connectivity index (χ1n) is 4.72. The molecule has 2 atom stereocenters.